The molecule has 1 rings (SSSR count). The summed E-state index contributed by atoms with van der Waals surface area (Å²) in [5, 5.41) is 19.4. The minimum atomic E-state index is -1.22. The quantitative estimate of drug-likeness (QED) is 0.734. The van der Waals surface area contributed by atoms with E-state index in [0.717, 1.165) is 5.75 Å². The predicted molar refractivity (Wildman–Crippen MR) is 58.7 cm³/mol. The van der Waals surface area contributed by atoms with Crippen LogP contribution in [-0.2, 0) is 10.5 Å². The standard InChI is InChI=1S/C9H12O3S2/c10-8(9(11)12)3-5-13-6-7-2-1-4-14-7/h1-2,4,8,10H,3,5-6H2,(H,11,12). The molecule has 1 aromatic heterocycles. The Kier molecular flexibility index (Phi) is 5.00. The molecule has 0 bridgehead atoms. The number of aliphatic hydroxyl groups is 1. The van der Waals surface area contributed by atoms with E-state index in [1.54, 1.807) is 23.1 Å². The summed E-state index contributed by atoms with van der Waals surface area (Å²) in [7, 11) is 0. The lowest BCUT2D eigenvalue weighted by molar-refractivity contribution is -0.146. The molecule has 1 aromatic rings. The average molecular weight is 232 g/mol. The molecule has 0 aliphatic heterocycles. The molecule has 1 unspecified atom stereocenters. The molecule has 0 amide bonds. The van der Waals surface area contributed by atoms with Crippen molar-refractivity contribution >= 4 is 29.1 Å². The summed E-state index contributed by atoms with van der Waals surface area (Å²) in [6.45, 7) is 0. The number of hydrogen-bond donors (Lipinski definition) is 2. The highest BCUT2D eigenvalue weighted by Crippen LogP contribution is 2.17. The number of aliphatic hydroxyl groups excluding tert-OH is 1. The van der Waals surface area contributed by atoms with Crippen LogP contribution in [0.3, 0.4) is 0 Å². The minimum absolute atomic E-state index is 0.311. The Hall–Kier alpha value is -0.520. The van der Waals surface area contributed by atoms with Crippen LogP contribution in [0.5, 0.6) is 0 Å². The summed E-state index contributed by atoms with van der Waals surface area (Å²) in [6.07, 6.45) is -0.906. The summed E-state index contributed by atoms with van der Waals surface area (Å²) in [5.41, 5.74) is 0. The molecule has 0 spiro atoms. The van der Waals surface area contributed by atoms with E-state index in [1.165, 1.54) is 4.88 Å². The molecule has 5 heteroatoms. The molecule has 78 valence electrons. The first kappa shape index (κ1) is 11.6. The van der Waals surface area contributed by atoms with Crippen molar-refractivity contribution < 1.29 is 15.0 Å². The number of rotatable bonds is 6. The number of aliphatic carboxylic acids is 1. The fourth-order valence-electron chi connectivity index (χ4n) is 0.886. The number of thioether (sulfide) groups is 1. The third kappa shape index (κ3) is 4.13. The van der Waals surface area contributed by atoms with E-state index in [9.17, 15) is 4.79 Å². The topological polar surface area (TPSA) is 57.5 Å². The molecular formula is C9H12O3S2. The van der Waals surface area contributed by atoms with E-state index in [1.807, 2.05) is 17.5 Å². The Balaban J connectivity index is 2.08. The van der Waals surface area contributed by atoms with Gasteiger partial charge in [0.15, 0.2) is 6.10 Å². The molecule has 14 heavy (non-hydrogen) atoms. The van der Waals surface area contributed by atoms with Gasteiger partial charge in [0.25, 0.3) is 0 Å². The van der Waals surface area contributed by atoms with Gasteiger partial charge < -0.3 is 10.2 Å². The summed E-state index contributed by atoms with van der Waals surface area (Å²) in [4.78, 5) is 11.5. The Bertz CT molecular complexity index is 272. The number of thiophene rings is 1. The average Bonchev–Trinajstić information content (AvgIpc) is 2.64. The highest BCUT2D eigenvalue weighted by molar-refractivity contribution is 7.98. The maximum atomic E-state index is 10.3. The van der Waals surface area contributed by atoms with E-state index in [0.29, 0.717) is 12.2 Å². The van der Waals surface area contributed by atoms with Crippen molar-refractivity contribution in [3.05, 3.63) is 22.4 Å². The number of carboxylic acids is 1. The largest absolute Gasteiger partial charge is 0.479 e. The lowest BCUT2D eigenvalue weighted by Gasteiger charge is -2.03. The van der Waals surface area contributed by atoms with Gasteiger partial charge in [0, 0.05) is 10.6 Å². The van der Waals surface area contributed by atoms with Gasteiger partial charge in [-0.3, -0.25) is 0 Å². The lowest BCUT2D eigenvalue weighted by atomic mass is 10.3. The second-order valence-electron chi connectivity index (χ2n) is 2.77. The van der Waals surface area contributed by atoms with Crippen LogP contribution < -0.4 is 0 Å². The van der Waals surface area contributed by atoms with Gasteiger partial charge in [-0.05, 0) is 23.6 Å². The van der Waals surface area contributed by atoms with Gasteiger partial charge in [-0.25, -0.2) is 4.79 Å². The van der Waals surface area contributed by atoms with Gasteiger partial charge in [0.2, 0.25) is 0 Å². The Morgan fingerprint density at radius 3 is 3.00 bits per heavy atom. The molecule has 0 aliphatic rings. The molecular weight excluding hydrogens is 220 g/mol. The fraction of sp³-hybridized carbons (Fsp3) is 0.444. The first-order valence-electron chi connectivity index (χ1n) is 4.21. The van der Waals surface area contributed by atoms with Crippen LogP contribution in [0.15, 0.2) is 17.5 Å². The molecule has 0 radical (unpaired) electrons. The van der Waals surface area contributed by atoms with Crippen molar-refractivity contribution in [2.75, 3.05) is 5.75 Å². The van der Waals surface area contributed by atoms with Gasteiger partial charge >= 0.3 is 5.97 Å². The molecule has 0 aliphatic carbocycles. The molecule has 2 N–H and O–H groups in total. The second-order valence-corrected chi connectivity index (χ2v) is 4.91. The van der Waals surface area contributed by atoms with Crippen molar-refractivity contribution in [1.82, 2.24) is 0 Å². The van der Waals surface area contributed by atoms with Crippen molar-refractivity contribution in [3.63, 3.8) is 0 Å². The molecule has 0 aromatic carbocycles. The first-order valence-corrected chi connectivity index (χ1v) is 6.24. The summed E-state index contributed by atoms with van der Waals surface area (Å²) in [6, 6.07) is 4.04. The maximum Gasteiger partial charge on any atom is 0.332 e. The molecule has 0 fully saturated rings. The third-order valence-corrected chi connectivity index (χ3v) is 3.74. The van der Waals surface area contributed by atoms with Gasteiger partial charge in [0.05, 0.1) is 0 Å². The molecule has 1 atom stereocenters. The van der Waals surface area contributed by atoms with Crippen LogP contribution in [0.25, 0.3) is 0 Å². The van der Waals surface area contributed by atoms with Gasteiger partial charge in [-0.1, -0.05) is 6.07 Å². The summed E-state index contributed by atoms with van der Waals surface area (Å²) < 4.78 is 0. The van der Waals surface area contributed by atoms with Crippen LogP contribution in [0.1, 0.15) is 11.3 Å². The van der Waals surface area contributed by atoms with Gasteiger partial charge in [-0.15, -0.1) is 11.3 Å². The molecule has 1 heterocycles. The SMILES string of the molecule is O=C(O)C(O)CCSCc1cccs1. The van der Waals surface area contributed by atoms with E-state index >= 15 is 0 Å². The third-order valence-electron chi connectivity index (χ3n) is 1.65. The van der Waals surface area contributed by atoms with Gasteiger partial charge in [0.1, 0.15) is 0 Å². The van der Waals surface area contributed by atoms with E-state index in [-0.39, 0.29) is 0 Å². The summed E-state index contributed by atoms with van der Waals surface area (Å²) >= 11 is 3.33. The lowest BCUT2D eigenvalue weighted by Crippen LogP contribution is -2.19. The van der Waals surface area contributed by atoms with Gasteiger partial charge in [-0.2, -0.15) is 11.8 Å². The predicted octanol–water partition coefficient (Wildman–Crippen LogP) is 1.82. The molecule has 3 nitrogen and oxygen atoms in total. The Morgan fingerprint density at radius 1 is 1.64 bits per heavy atom. The zero-order valence-corrected chi connectivity index (χ0v) is 9.18. The first-order chi connectivity index (χ1) is 6.70. The highest BCUT2D eigenvalue weighted by Gasteiger charge is 2.11. The number of hydrogen-bond acceptors (Lipinski definition) is 4. The number of carboxylic acid groups (broad SMARTS) is 1. The van der Waals surface area contributed by atoms with E-state index in [2.05, 4.69) is 0 Å². The maximum absolute atomic E-state index is 10.3. The number of carbonyl (C=O) groups is 1. The van der Waals surface area contributed by atoms with Crippen LogP contribution in [0.4, 0.5) is 0 Å². The summed E-state index contributed by atoms with van der Waals surface area (Å²) in [5.74, 6) is 0.428. The highest BCUT2D eigenvalue weighted by atomic mass is 32.2. The second kappa shape index (κ2) is 6.06. The van der Waals surface area contributed by atoms with Crippen molar-refractivity contribution in [3.8, 4) is 0 Å². The van der Waals surface area contributed by atoms with Crippen LogP contribution >= 0.6 is 23.1 Å². The van der Waals surface area contributed by atoms with E-state index in [4.69, 9.17) is 10.2 Å². The van der Waals surface area contributed by atoms with Crippen molar-refractivity contribution in [1.29, 1.82) is 0 Å². The monoisotopic (exact) mass is 232 g/mol. The fourth-order valence-corrected chi connectivity index (χ4v) is 2.73. The molecule has 0 saturated heterocycles. The Labute approximate surface area is 90.8 Å². The normalized spacial score (nSPS) is 12.6. The molecule has 0 saturated carbocycles. The van der Waals surface area contributed by atoms with E-state index < -0.39 is 12.1 Å². The van der Waals surface area contributed by atoms with Crippen LogP contribution in [-0.4, -0.2) is 28.0 Å². The Morgan fingerprint density at radius 2 is 2.43 bits per heavy atom. The zero-order valence-electron chi connectivity index (χ0n) is 7.55. The zero-order chi connectivity index (χ0) is 10.4. The van der Waals surface area contributed by atoms with Crippen LogP contribution in [0, 0.1) is 0 Å². The van der Waals surface area contributed by atoms with Crippen molar-refractivity contribution in [2.45, 2.75) is 18.3 Å². The van der Waals surface area contributed by atoms with Crippen molar-refractivity contribution in [2.24, 2.45) is 0 Å². The van der Waals surface area contributed by atoms with Crippen LogP contribution in [0.2, 0.25) is 0 Å². The smallest absolute Gasteiger partial charge is 0.332 e. The minimum Gasteiger partial charge on any atom is -0.479 e.